The maximum absolute atomic E-state index is 10.2. The molecule has 0 saturated heterocycles. The van der Waals surface area contributed by atoms with E-state index in [1.165, 1.54) is 11.3 Å². The highest BCUT2D eigenvalue weighted by molar-refractivity contribution is 7.15. The van der Waals surface area contributed by atoms with Crippen molar-refractivity contribution >= 4 is 11.3 Å². The molecule has 0 fully saturated rings. The molecule has 0 saturated carbocycles. The topological polar surface area (TPSA) is 58.9 Å². The Labute approximate surface area is 116 Å². The first-order chi connectivity index (χ1) is 8.94. The second-order valence-electron chi connectivity index (χ2n) is 5.97. The van der Waals surface area contributed by atoms with E-state index < -0.39 is 6.10 Å². The summed E-state index contributed by atoms with van der Waals surface area (Å²) < 4.78 is 0. The molecular formula is C14H17N3OS. The molecule has 2 aromatic rings. The fourth-order valence-corrected chi connectivity index (χ4v) is 3.51. The van der Waals surface area contributed by atoms with E-state index in [0.717, 1.165) is 34.0 Å². The van der Waals surface area contributed by atoms with Gasteiger partial charge in [-0.3, -0.25) is 0 Å². The summed E-state index contributed by atoms with van der Waals surface area (Å²) in [4.78, 5) is 14.2. The van der Waals surface area contributed by atoms with Crippen molar-refractivity contribution in [2.45, 2.75) is 39.7 Å². The standard InChI is InChI=1S/C14H17N3OS/c1-8-6-15-12(16-7-8)13-17-9-4-14(2,3)5-10(18)11(9)19-13/h6-7,10,18H,4-5H2,1-3H3. The highest BCUT2D eigenvalue weighted by Gasteiger charge is 2.34. The zero-order valence-corrected chi connectivity index (χ0v) is 12.2. The highest BCUT2D eigenvalue weighted by Crippen LogP contribution is 2.44. The molecule has 0 spiro atoms. The van der Waals surface area contributed by atoms with Gasteiger partial charge in [0.15, 0.2) is 10.8 Å². The summed E-state index contributed by atoms with van der Waals surface area (Å²) in [6, 6.07) is 0. The van der Waals surface area contributed by atoms with Gasteiger partial charge < -0.3 is 5.11 Å². The van der Waals surface area contributed by atoms with Crippen molar-refractivity contribution in [1.82, 2.24) is 15.0 Å². The van der Waals surface area contributed by atoms with Crippen molar-refractivity contribution in [2.24, 2.45) is 5.41 Å². The molecule has 0 bridgehead atoms. The molecule has 1 unspecified atom stereocenters. The lowest BCUT2D eigenvalue weighted by Gasteiger charge is -2.31. The predicted molar refractivity (Wildman–Crippen MR) is 74.9 cm³/mol. The number of aryl methyl sites for hydroxylation is 1. The summed E-state index contributed by atoms with van der Waals surface area (Å²) in [6.45, 7) is 6.30. The molecular weight excluding hydrogens is 258 g/mol. The molecule has 4 nitrogen and oxygen atoms in total. The largest absolute Gasteiger partial charge is 0.387 e. The van der Waals surface area contributed by atoms with Crippen LogP contribution in [0, 0.1) is 12.3 Å². The first kappa shape index (κ1) is 12.7. The molecule has 5 heteroatoms. The SMILES string of the molecule is Cc1cnc(-c2nc3c(s2)C(O)CC(C)(C)C3)nc1. The number of fused-ring (bicyclic) bond motifs is 1. The van der Waals surface area contributed by atoms with E-state index >= 15 is 0 Å². The van der Waals surface area contributed by atoms with Gasteiger partial charge in [0.25, 0.3) is 0 Å². The van der Waals surface area contributed by atoms with Gasteiger partial charge in [-0.2, -0.15) is 0 Å². The fourth-order valence-electron chi connectivity index (χ4n) is 2.49. The number of hydrogen-bond donors (Lipinski definition) is 1. The Hall–Kier alpha value is -1.33. The molecule has 0 aliphatic heterocycles. The third-order valence-electron chi connectivity index (χ3n) is 3.39. The Morgan fingerprint density at radius 2 is 2.00 bits per heavy atom. The summed E-state index contributed by atoms with van der Waals surface area (Å²) in [5.74, 6) is 0.648. The predicted octanol–water partition coefficient (Wildman–Crippen LogP) is 2.91. The van der Waals surface area contributed by atoms with Crippen molar-refractivity contribution in [3.8, 4) is 10.8 Å². The second kappa shape index (κ2) is 4.35. The zero-order valence-electron chi connectivity index (χ0n) is 11.3. The molecule has 2 heterocycles. The molecule has 0 amide bonds. The first-order valence-corrected chi connectivity index (χ1v) is 7.23. The Balaban J connectivity index is 2.01. The summed E-state index contributed by atoms with van der Waals surface area (Å²) >= 11 is 1.52. The van der Waals surface area contributed by atoms with Crippen LogP contribution in [0.3, 0.4) is 0 Å². The van der Waals surface area contributed by atoms with Gasteiger partial charge in [-0.25, -0.2) is 15.0 Å². The smallest absolute Gasteiger partial charge is 0.188 e. The van der Waals surface area contributed by atoms with E-state index in [4.69, 9.17) is 0 Å². The number of hydrogen-bond acceptors (Lipinski definition) is 5. The molecule has 1 N–H and O–H groups in total. The van der Waals surface area contributed by atoms with Gasteiger partial charge in [0.05, 0.1) is 16.7 Å². The lowest BCUT2D eigenvalue weighted by atomic mass is 9.77. The van der Waals surface area contributed by atoms with Crippen molar-refractivity contribution in [3.05, 3.63) is 28.5 Å². The minimum absolute atomic E-state index is 0.103. The second-order valence-corrected chi connectivity index (χ2v) is 7.01. The van der Waals surface area contributed by atoms with Gasteiger partial charge in [-0.15, -0.1) is 11.3 Å². The maximum atomic E-state index is 10.2. The van der Waals surface area contributed by atoms with Gasteiger partial charge in [-0.05, 0) is 30.7 Å². The van der Waals surface area contributed by atoms with E-state index in [-0.39, 0.29) is 5.41 Å². The monoisotopic (exact) mass is 275 g/mol. The van der Waals surface area contributed by atoms with E-state index in [1.807, 2.05) is 6.92 Å². The van der Waals surface area contributed by atoms with Gasteiger partial charge >= 0.3 is 0 Å². The molecule has 0 aromatic carbocycles. The molecule has 1 aliphatic rings. The highest BCUT2D eigenvalue weighted by atomic mass is 32.1. The van der Waals surface area contributed by atoms with Crippen molar-refractivity contribution in [2.75, 3.05) is 0 Å². The van der Waals surface area contributed by atoms with Crippen LogP contribution in [0.5, 0.6) is 0 Å². The van der Waals surface area contributed by atoms with Gasteiger partial charge in [0.1, 0.15) is 0 Å². The van der Waals surface area contributed by atoms with Crippen molar-refractivity contribution in [1.29, 1.82) is 0 Å². The van der Waals surface area contributed by atoms with Crippen molar-refractivity contribution in [3.63, 3.8) is 0 Å². The molecule has 1 atom stereocenters. The normalized spacial score (nSPS) is 21.2. The minimum Gasteiger partial charge on any atom is -0.387 e. The molecule has 19 heavy (non-hydrogen) atoms. The third kappa shape index (κ3) is 2.40. The van der Waals surface area contributed by atoms with E-state index in [2.05, 4.69) is 28.8 Å². The van der Waals surface area contributed by atoms with Gasteiger partial charge in [0, 0.05) is 12.4 Å². The van der Waals surface area contributed by atoms with Crippen LogP contribution < -0.4 is 0 Å². The van der Waals surface area contributed by atoms with Crippen LogP contribution in [-0.2, 0) is 6.42 Å². The zero-order chi connectivity index (χ0) is 13.6. The van der Waals surface area contributed by atoms with E-state index in [0.29, 0.717) is 5.82 Å². The Morgan fingerprint density at radius 1 is 1.32 bits per heavy atom. The molecule has 0 radical (unpaired) electrons. The summed E-state index contributed by atoms with van der Waals surface area (Å²) in [7, 11) is 0. The third-order valence-corrected chi connectivity index (χ3v) is 4.59. The molecule has 3 rings (SSSR count). The maximum Gasteiger partial charge on any atom is 0.188 e. The minimum atomic E-state index is -0.407. The lowest BCUT2D eigenvalue weighted by Crippen LogP contribution is -2.24. The van der Waals surface area contributed by atoms with Crippen LogP contribution >= 0.6 is 11.3 Å². The summed E-state index contributed by atoms with van der Waals surface area (Å²) in [5, 5.41) is 11.0. The summed E-state index contributed by atoms with van der Waals surface area (Å²) in [6.07, 6.45) is 4.88. The van der Waals surface area contributed by atoms with Crippen LogP contribution in [0.1, 0.15) is 42.5 Å². The Bertz CT molecular complexity index is 604. The molecule has 2 aromatic heterocycles. The van der Waals surface area contributed by atoms with Gasteiger partial charge in [-0.1, -0.05) is 13.8 Å². The van der Waals surface area contributed by atoms with Gasteiger partial charge in [0.2, 0.25) is 0 Å². The number of aliphatic hydroxyl groups excluding tert-OH is 1. The number of rotatable bonds is 1. The first-order valence-electron chi connectivity index (χ1n) is 6.41. The number of aromatic nitrogens is 3. The van der Waals surface area contributed by atoms with Crippen molar-refractivity contribution < 1.29 is 5.11 Å². The van der Waals surface area contributed by atoms with Crippen LogP contribution in [0.4, 0.5) is 0 Å². The van der Waals surface area contributed by atoms with Crippen LogP contribution in [0.15, 0.2) is 12.4 Å². The summed E-state index contributed by atoms with van der Waals surface area (Å²) in [5.41, 5.74) is 2.14. The lowest BCUT2D eigenvalue weighted by molar-refractivity contribution is 0.102. The van der Waals surface area contributed by atoms with Crippen LogP contribution in [-0.4, -0.2) is 20.1 Å². The number of thiazole rings is 1. The molecule has 100 valence electrons. The average Bonchev–Trinajstić information content (AvgIpc) is 2.72. The average molecular weight is 275 g/mol. The Kier molecular flexibility index (Phi) is 2.91. The quantitative estimate of drug-likeness (QED) is 0.869. The van der Waals surface area contributed by atoms with Crippen LogP contribution in [0.2, 0.25) is 0 Å². The number of nitrogens with zero attached hydrogens (tertiary/aromatic N) is 3. The Morgan fingerprint density at radius 3 is 2.68 bits per heavy atom. The van der Waals surface area contributed by atoms with E-state index in [1.54, 1.807) is 12.4 Å². The fraction of sp³-hybridized carbons (Fsp3) is 0.500. The van der Waals surface area contributed by atoms with Crippen LogP contribution in [0.25, 0.3) is 10.8 Å². The molecule has 1 aliphatic carbocycles. The van der Waals surface area contributed by atoms with E-state index in [9.17, 15) is 5.11 Å². The number of aliphatic hydroxyl groups is 1.